The number of nitrogens with one attached hydrogen (secondary N) is 1. The monoisotopic (exact) mass is 352 g/mol. The van der Waals surface area contributed by atoms with E-state index in [0.717, 1.165) is 22.6 Å². The van der Waals surface area contributed by atoms with Crippen molar-refractivity contribution in [3.63, 3.8) is 0 Å². The van der Waals surface area contributed by atoms with Crippen LogP contribution < -0.4 is 0 Å². The number of aromatic amines is 1. The molecule has 0 saturated carbocycles. The summed E-state index contributed by atoms with van der Waals surface area (Å²) in [4.78, 5) is 7.99. The van der Waals surface area contributed by atoms with Crippen molar-refractivity contribution >= 4 is 34.0 Å². The smallest absolute Gasteiger partial charge is 0.111 e. The summed E-state index contributed by atoms with van der Waals surface area (Å²) in [6.07, 6.45) is 2.56. The summed E-state index contributed by atoms with van der Waals surface area (Å²) in [6, 6.07) is 20.1. The molecule has 4 heteroatoms. The van der Waals surface area contributed by atoms with Crippen LogP contribution in [0.2, 0.25) is 10.0 Å². The van der Waals surface area contributed by atoms with Crippen LogP contribution in [0.3, 0.4) is 0 Å². The van der Waals surface area contributed by atoms with Crippen molar-refractivity contribution in [3.05, 3.63) is 88.3 Å². The number of fused-ring (bicyclic) bond motifs is 1. The van der Waals surface area contributed by atoms with Gasteiger partial charge in [-0.1, -0.05) is 65.7 Å². The van der Waals surface area contributed by atoms with Crippen LogP contribution >= 0.6 is 23.2 Å². The molecule has 0 saturated heterocycles. The van der Waals surface area contributed by atoms with Gasteiger partial charge in [-0.2, -0.15) is 0 Å². The van der Waals surface area contributed by atoms with Gasteiger partial charge < -0.3 is 4.98 Å². The van der Waals surface area contributed by atoms with Crippen molar-refractivity contribution < 1.29 is 0 Å². The molecule has 0 aliphatic heterocycles. The number of hydrogen-bond donors (Lipinski definition) is 1. The van der Waals surface area contributed by atoms with Crippen LogP contribution in [0.1, 0.15) is 11.4 Å². The molecule has 0 atom stereocenters. The van der Waals surface area contributed by atoms with Crippen LogP contribution in [0.5, 0.6) is 0 Å². The van der Waals surface area contributed by atoms with E-state index in [-0.39, 0.29) is 0 Å². The van der Waals surface area contributed by atoms with Crippen molar-refractivity contribution in [3.8, 4) is 11.3 Å². The van der Waals surface area contributed by atoms with E-state index in [2.05, 4.69) is 35.3 Å². The Hall–Kier alpha value is -2.29. The van der Waals surface area contributed by atoms with E-state index in [0.29, 0.717) is 16.5 Å². The zero-order chi connectivity index (χ0) is 16.5. The molecular weight excluding hydrogens is 339 g/mol. The molecule has 4 rings (SSSR count). The maximum atomic E-state index is 6.25. The van der Waals surface area contributed by atoms with Crippen LogP contribution in [0, 0.1) is 0 Å². The number of benzene rings is 3. The van der Waals surface area contributed by atoms with Gasteiger partial charge in [0, 0.05) is 28.2 Å². The van der Waals surface area contributed by atoms with E-state index in [1.807, 2.05) is 30.5 Å². The lowest BCUT2D eigenvalue weighted by Gasteiger charge is -2.04. The van der Waals surface area contributed by atoms with Gasteiger partial charge in [-0.3, -0.25) is 0 Å². The lowest BCUT2D eigenvalue weighted by atomic mass is 10.0. The summed E-state index contributed by atoms with van der Waals surface area (Å²) in [6.45, 7) is 0. The molecule has 1 N–H and O–H groups in total. The molecular formula is C20H14Cl2N2. The highest BCUT2D eigenvalue weighted by Gasteiger charge is 2.10. The Morgan fingerprint density at radius 3 is 2.67 bits per heavy atom. The van der Waals surface area contributed by atoms with E-state index in [4.69, 9.17) is 28.2 Å². The molecule has 0 bridgehead atoms. The summed E-state index contributed by atoms with van der Waals surface area (Å²) in [5, 5.41) is 3.77. The summed E-state index contributed by atoms with van der Waals surface area (Å²) in [7, 11) is 0. The second-order valence-corrected chi connectivity index (χ2v) is 6.52. The lowest BCUT2D eigenvalue weighted by Crippen LogP contribution is -1.92. The topological polar surface area (TPSA) is 28.7 Å². The highest BCUT2D eigenvalue weighted by molar-refractivity contribution is 6.33. The van der Waals surface area contributed by atoms with Gasteiger partial charge in [0.15, 0.2) is 0 Å². The fraction of sp³-hybridized carbons (Fsp3) is 0.0500. The summed E-state index contributed by atoms with van der Waals surface area (Å²) >= 11 is 12.3. The minimum absolute atomic E-state index is 0.615. The van der Waals surface area contributed by atoms with Crippen molar-refractivity contribution in [2.75, 3.05) is 0 Å². The van der Waals surface area contributed by atoms with Crippen molar-refractivity contribution in [1.82, 2.24) is 9.97 Å². The van der Waals surface area contributed by atoms with E-state index in [1.165, 1.54) is 10.8 Å². The second kappa shape index (κ2) is 6.31. The van der Waals surface area contributed by atoms with Gasteiger partial charge in [0.05, 0.1) is 5.69 Å². The average Bonchev–Trinajstić information content (AvgIpc) is 3.06. The lowest BCUT2D eigenvalue weighted by molar-refractivity contribution is 1.03. The van der Waals surface area contributed by atoms with E-state index >= 15 is 0 Å². The van der Waals surface area contributed by atoms with Gasteiger partial charge in [-0.05, 0) is 34.5 Å². The molecule has 24 heavy (non-hydrogen) atoms. The molecule has 0 unspecified atom stereocenters. The Morgan fingerprint density at radius 2 is 1.75 bits per heavy atom. The minimum atomic E-state index is 0.615. The predicted octanol–water partition coefficient (Wildman–Crippen LogP) is 6.13. The Morgan fingerprint density at radius 1 is 0.917 bits per heavy atom. The molecule has 0 spiro atoms. The molecule has 0 aliphatic rings. The molecule has 2 nitrogen and oxygen atoms in total. The average molecular weight is 353 g/mol. The molecule has 1 heterocycles. The third kappa shape index (κ3) is 2.91. The highest BCUT2D eigenvalue weighted by Crippen LogP contribution is 2.28. The third-order valence-corrected chi connectivity index (χ3v) is 4.67. The van der Waals surface area contributed by atoms with Crippen LogP contribution in [0.15, 0.2) is 66.9 Å². The van der Waals surface area contributed by atoms with Gasteiger partial charge in [-0.15, -0.1) is 0 Å². The zero-order valence-electron chi connectivity index (χ0n) is 12.8. The van der Waals surface area contributed by atoms with Crippen molar-refractivity contribution in [1.29, 1.82) is 0 Å². The minimum Gasteiger partial charge on any atom is -0.348 e. The quantitative estimate of drug-likeness (QED) is 0.472. The highest BCUT2D eigenvalue weighted by atomic mass is 35.5. The van der Waals surface area contributed by atoms with Crippen LogP contribution in [0.4, 0.5) is 0 Å². The Kier molecular flexibility index (Phi) is 4.01. The standard InChI is InChI=1S/C20H14Cl2N2/c21-15-8-9-18(22)14(10-15)11-20-23-12-19(24-20)17-7-3-5-13-4-1-2-6-16(13)17/h1-10,12H,11H2,(H,23,24). The number of aromatic nitrogens is 2. The molecule has 0 fully saturated rings. The van der Waals surface area contributed by atoms with Gasteiger partial charge in [0.2, 0.25) is 0 Å². The normalized spacial score (nSPS) is 11.1. The van der Waals surface area contributed by atoms with Gasteiger partial charge in [0.25, 0.3) is 0 Å². The third-order valence-electron chi connectivity index (χ3n) is 4.06. The number of nitrogens with zero attached hydrogens (tertiary/aromatic N) is 1. The Bertz CT molecular complexity index is 1020. The van der Waals surface area contributed by atoms with E-state index in [1.54, 1.807) is 6.07 Å². The van der Waals surface area contributed by atoms with E-state index in [9.17, 15) is 0 Å². The summed E-state index contributed by atoms with van der Waals surface area (Å²) in [5.74, 6) is 0.863. The zero-order valence-corrected chi connectivity index (χ0v) is 14.3. The Labute approximate surface area is 150 Å². The summed E-state index contributed by atoms with van der Waals surface area (Å²) < 4.78 is 0. The summed E-state index contributed by atoms with van der Waals surface area (Å²) in [5.41, 5.74) is 3.01. The van der Waals surface area contributed by atoms with Crippen LogP contribution in [-0.4, -0.2) is 9.97 Å². The number of imidazole rings is 1. The molecule has 1 aromatic heterocycles. The first-order valence-electron chi connectivity index (χ1n) is 7.67. The largest absolute Gasteiger partial charge is 0.348 e. The first kappa shape index (κ1) is 15.3. The van der Waals surface area contributed by atoms with E-state index < -0.39 is 0 Å². The first-order chi connectivity index (χ1) is 11.7. The molecule has 118 valence electrons. The van der Waals surface area contributed by atoms with Crippen LogP contribution in [-0.2, 0) is 6.42 Å². The molecule has 0 aliphatic carbocycles. The SMILES string of the molecule is Clc1ccc(Cl)c(Cc2nc(-c3cccc4ccccc34)c[nH]2)c1. The second-order valence-electron chi connectivity index (χ2n) is 5.67. The fourth-order valence-electron chi connectivity index (χ4n) is 2.90. The van der Waals surface area contributed by atoms with Gasteiger partial charge >= 0.3 is 0 Å². The molecule has 0 amide bonds. The molecule has 0 radical (unpaired) electrons. The predicted molar refractivity (Wildman–Crippen MR) is 101 cm³/mol. The van der Waals surface area contributed by atoms with Crippen molar-refractivity contribution in [2.24, 2.45) is 0 Å². The fourth-order valence-corrected chi connectivity index (χ4v) is 3.28. The number of H-pyrrole nitrogens is 1. The number of halogens is 2. The first-order valence-corrected chi connectivity index (χ1v) is 8.42. The van der Waals surface area contributed by atoms with Crippen LogP contribution in [0.25, 0.3) is 22.0 Å². The van der Waals surface area contributed by atoms with Crippen molar-refractivity contribution in [2.45, 2.75) is 6.42 Å². The van der Waals surface area contributed by atoms with Gasteiger partial charge in [0.1, 0.15) is 5.82 Å². The number of rotatable bonds is 3. The molecule has 4 aromatic rings. The maximum Gasteiger partial charge on any atom is 0.111 e. The Balaban J connectivity index is 1.71. The maximum absolute atomic E-state index is 6.25. The number of hydrogen-bond acceptors (Lipinski definition) is 1. The molecule has 3 aromatic carbocycles. The van der Waals surface area contributed by atoms with Gasteiger partial charge in [-0.25, -0.2) is 4.98 Å².